The van der Waals surface area contributed by atoms with Crippen molar-refractivity contribution in [2.75, 3.05) is 23.7 Å². The molecular formula is C14H18ClF2N5O. The van der Waals surface area contributed by atoms with Crippen molar-refractivity contribution < 1.29 is 13.2 Å². The van der Waals surface area contributed by atoms with Crippen LogP contribution in [-0.2, 0) is 12.8 Å². The highest BCUT2D eigenvalue weighted by Gasteiger charge is 2.38. The normalized spacial score (nSPS) is 22.9. The zero-order chi connectivity index (χ0) is 15.5. The lowest BCUT2D eigenvalue weighted by Gasteiger charge is -2.20. The summed E-state index contributed by atoms with van der Waals surface area (Å²) in [6.45, 7) is 1.39. The van der Waals surface area contributed by atoms with E-state index in [0.717, 1.165) is 13.0 Å². The van der Waals surface area contributed by atoms with Crippen molar-refractivity contribution in [2.45, 2.75) is 37.6 Å². The third-order valence-electron chi connectivity index (χ3n) is 4.39. The Bertz CT molecular complexity index is 750. The molecule has 9 heteroatoms. The lowest BCUT2D eigenvalue weighted by molar-refractivity contribution is -0.0140. The molecule has 2 aromatic rings. The van der Waals surface area contributed by atoms with Crippen LogP contribution in [0, 0.1) is 0 Å². The van der Waals surface area contributed by atoms with Crippen LogP contribution in [0.2, 0.25) is 0 Å². The van der Waals surface area contributed by atoms with E-state index in [1.807, 2.05) is 4.90 Å². The van der Waals surface area contributed by atoms with E-state index in [0.29, 0.717) is 34.8 Å². The van der Waals surface area contributed by atoms with Crippen molar-refractivity contribution >= 4 is 35.3 Å². The summed E-state index contributed by atoms with van der Waals surface area (Å²) in [5, 5.41) is 0. The molecule has 4 rings (SSSR count). The first-order valence-corrected chi connectivity index (χ1v) is 7.39. The van der Waals surface area contributed by atoms with Gasteiger partial charge in [0.2, 0.25) is 5.95 Å². The van der Waals surface area contributed by atoms with Gasteiger partial charge in [0.25, 0.3) is 5.92 Å². The van der Waals surface area contributed by atoms with Crippen LogP contribution in [0.15, 0.2) is 4.42 Å². The molecule has 126 valence electrons. The highest BCUT2D eigenvalue weighted by Crippen LogP contribution is 2.40. The van der Waals surface area contributed by atoms with Gasteiger partial charge in [0.1, 0.15) is 11.3 Å². The predicted octanol–water partition coefficient (Wildman–Crippen LogP) is 1.89. The van der Waals surface area contributed by atoms with Crippen LogP contribution in [-0.4, -0.2) is 35.0 Å². The Hall–Kier alpha value is -1.67. The monoisotopic (exact) mass is 345 g/mol. The van der Waals surface area contributed by atoms with Gasteiger partial charge in [-0.15, -0.1) is 12.4 Å². The molecule has 0 radical (unpaired) electrons. The fourth-order valence-electron chi connectivity index (χ4n) is 3.29. The summed E-state index contributed by atoms with van der Waals surface area (Å²) >= 11 is 0. The summed E-state index contributed by atoms with van der Waals surface area (Å²) in [6, 6.07) is 0.0696. The number of aryl methyl sites for hydroxylation is 1. The van der Waals surface area contributed by atoms with Gasteiger partial charge in [-0.05, 0) is 6.42 Å². The summed E-state index contributed by atoms with van der Waals surface area (Å²) in [6.07, 6.45) is 0.499. The molecule has 1 aliphatic heterocycles. The van der Waals surface area contributed by atoms with E-state index < -0.39 is 5.92 Å². The first kappa shape index (κ1) is 16.2. The molecule has 0 bridgehead atoms. The van der Waals surface area contributed by atoms with Gasteiger partial charge in [-0.3, -0.25) is 0 Å². The quantitative estimate of drug-likeness (QED) is 0.819. The van der Waals surface area contributed by atoms with Gasteiger partial charge < -0.3 is 20.8 Å². The number of rotatable bonds is 1. The molecule has 0 saturated carbocycles. The number of hydrogen-bond donors (Lipinski definition) is 2. The molecule has 1 saturated heterocycles. The van der Waals surface area contributed by atoms with Crippen LogP contribution in [0.25, 0.3) is 11.1 Å². The van der Waals surface area contributed by atoms with Crippen LogP contribution in [0.1, 0.15) is 24.2 Å². The van der Waals surface area contributed by atoms with Gasteiger partial charge in [-0.25, -0.2) is 13.8 Å². The third kappa shape index (κ3) is 2.70. The number of nitrogens with zero attached hydrogens (tertiary/aromatic N) is 3. The molecule has 0 amide bonds. The predicted molar refractivity (Wildman–Crippen MR) is 85.2 cm³/mol. The smallest absolute Gasteiger partial charge is 0.252 e. The largest absolute Gasteiger partial charge is 0.455 e. The molecule has 1 aliphatic carbocycles. The average molecular weight is 346 g/mol. The number of alkyl halides is 2. The molecule has 23 heavy (non-hydrogen) atoms. The fraction of sp³-hybridized carbons (Fsp3) is 0.571. The van der Waals surface area contributed by atoms with E-state index in [9.17, 15) is 8.78 Å². The molecule has 6 nitrogen and oxygen atoms in total. The highest BCUT2D eigenvalue weighted by atomic mass is 35.5. The van der Waals surface area contributed by atoms with Crippen LogP contribution < -0.4 is 16.4 Å². The van der Waals surface area contributed by atoms with Crippen molar-refractivity contribution in [3.63, 3.8) is 0 Å². The van der Waals surface area contributed by atoms with E-state index in [-0.39, 0.29) is 43.7 Å². The molecule has 0 unspecified atom stereocenters. The molecule has 2 aromatic heterocycles. The average Bonchev–Trinajstić information content (AvgIpc) is 3.01. The van der Waals surface area contributed by atoms with Crippen molar-refractivity contribution in [3.8, 4) is 0 Å². The van der Waals surface area contributed by atoms with Gasteiger partial charge >= 0.3 is 0 Å². The molecule has 1 atom stereocenters. The standard InChI is InChI=1S/C14H17F2N5O.ClH/c15-14(16)3-1-9-8(5-14)10-11(22-9)12(20-13(18)19-10)21-4-2-7(17)6-21;/h7H,1-6,17H2,(H2,18,19,20);1H/t7-;/m0./s1. The zero-order valence-electron chi connectivity index (χ0n) is 12.4. The highest BCUT2D eigenvalue weighted by molar-refractivity contribution is 5.89. The maximum Gasteiger partial charge on any atom is 0.252 e. The van der Waals surface area contributed by atoms with E-state index >= 15 is 0 Å². The van der Waals surface area contributed by atoms with Crippen molar-refractivity contribution in [1.82, 2.24) is 9.97 Å². The second kappa shape index (κ2) is 5.45. The van der Waals surface area contributed by atoms with E-state index in [2.05, 4.69) is 9.97 Å². The van der Waals surface area contributed by atoms with Crippen molar-refractivity contribution in [2.24, 2.45) is 5.73 Å². The molecule has 2 aliphatic rings. The third-order valence-corrected chi connectivity index (χ3v) is 4.39. The molecule has 1 fully saturated rings. The first-order chi connectivity index (χ1) is 10.4. The first-order valence-electron chi connectivity index (χ1n) is 7.39. The SMILES string of the molecule is Cl.Nc1nc(N2CC[C@H](N)C2)c2oc3c(c2n1)CC(F)(F)CC3. The summed E-state index contributed by atoms with van der Waals surface area (Å²) in [5.41, 5.74) is 13.0. The van der Waals surface area contributed by atoms with Crippen molar-refractivity contribution in [3.05, 3.63) is 11.3 Å². The summed E-state index contributed by atoms with van der Waals surface area (Å²) in [7, 11) is 0. The van der Waals surface area contributed by atoms with Gasteiger partial charge in [0.05, 0.1) is 0 Å². The molecular weight excluding hydrogens is 328 g/mol. The maximum atomic E-state index is 13.7. The Morgan fingerprint density at radius 1 is 1.30 bits per heavy atom. The van der Waals surface area contributed by atoms with Gasteiger partial charge in [-0.2, -0.15) is 4.98 Å². The zero-order valence-corrected chi connectivity index (χ0v) is 13.2. The van der Waals surface area contributed by atoms with Gasteiger partial charge in [0.15, 0.2) is 11.4 Å². The van der Waals surface area contributed by atoms with Crippen molar-refractivity contribution in [1.29, 1.82) is 0 Å². The minimum Gasteiger partial charge on any atom is -0.455 e. The van der Waals surface area contributed by atoms with Crippen LogP contribution in [0.4, 0.5) is 20.5 Å². The Balaban J connectivity index is 0.00000156. The summed E-state index contributed by atoms with van der Waals surface area (Å²) in [4.78, 5) is 10.4. The Morgan fingerprint density at radius 2 is 2.09 bits per heavy atom. The number of halogens is 3. The van der Waals surface area contributed by atoms with E-state index in [1.165, 1.54) is 0 Å². The van der Waals surface area contributed by atoms with Crippen LogP contribution in [0.5, 0.6) is 0 Å². The minimum atomic E-state index is -2.72. The Morgan fingerprint density at radius 3 is 2.78 bits per heavy atom. The second-order valence-electron chi connectivity index (χ2n) is 6.11. The number of nitrogen functional groups attached to an aromatic ring is 1. The van der Waals surface area contributed by atoms with E-state index in [4.69, 9.17) is 15.9 Å². The Kier molecular flexibility index (Phi) is 3.84. The van der Waals surface area contributed by atoms with Crippen LogP contribution >= 0.6 is 12.4 Å². The lowest BCUT2D eigenvalue weighted by Crippen LogP contribution is -2.27. The number of fused-ring (bicyclic) bond motifs is 3. The number of anilines is 2. The maximum absolute atomic E-state index is 13.7. The molecule has 3 heterocycles. The molecule has 0 spiro atoms. The second-order valence-corrected chi connectivity index (χ2v) is 6.11. The van der Waals surface area contributed by atoms with Gasteiger partial charge in [0, 0.05) is 44.0 Å². The number of hydrogen-bond acceptors (Lipinski definition) is 6. The topological polar surface area (TPSA) is 94.2 Å². The lowest BCUT2D eigenvalue weighted by atomic mass is 9.94. The summed E-state index contributed by atoms with van der Waals surface area (Å²) in [5.74, 6) is -1.51. The number of nitrogens with two attached hydrogens (primary N) is 2. The minimum absolute atomic E-state index is 0. The molecule has 4 N–H and O–H groups in total. The molecule has 0 aromatic carbocycles. The Labute approximate surface area is 137 Å². The van der Waals surface area contributed by atoms with E-state index in [1.54, 1.807) is 0 Å². The number of aromatic nitrogens is 2. The van der Waals surface area contributed by atoms with Crippen LogP contribution in [0.3, 0.4) is 0 Å². The fourth-order valence-corrected chi connectivity index (χ4v) is 3.29. The summed E-state index contributed by atoms with van der Waals surface area (Å²) < 4.78 is 33.2. The number of furan rings is 1. The van der Waals surface area contributed by atoms with Gasteiger partial charge in [-0.1, -0.05) is 0 Å².